The minimum absolute atomic E-state index is 0.0131. The van der Waals surface area contributed by atoms with Crippen molar-refractivity contribution in [3.63, 3.8) is 0 Å². The summed E-state index contributed by atoms with van der Waals surface area (Å²) in [7, 11) is 0. The number of morpholine rings is 1. The van der Waals surface area contributed by atoms with E-state index in [1.165, 1.54) is 6.33 Å². The molecule has 25 heavy (non-hydrogen) atoms. The van der Waals surface area contributed by atoms with Crippen molar-refractivity contribution in [1.29, 1.82) is 0 Å². The monoisotopic (exact) mass is 344 g/mol. The molecule has 0 spiro atoms. The molecule has 1 aromatic carbocycles. The maximum Gasteiger partial charge on any atom is 0.265 e. The second-order valence-electron chi connectivity index (χ2n) is 6.21. The highest BCUT2D eigenvalue weighted by molar-refractivity contribution is 6.00. The van der Waals surface area contributed by atoms with Gasteiger partial charge in [-0.15, -0.1) is 0 Å². The second-order valence-corrected chi connectivity index (χ2v) is 6.21. The number of anilines is 1. The number of hydrogen-bond donors (Lipinski definition) is 1. The zero-order valence-corrected chi connectivity index (χ0v) is 13.9. The lowest BCUT2D eigenvalue weighted by atomic mass is 10.1. The molecule has 2 aliphatic heterocycles. The van der Waals surface area contributed by atoms with E-state index in [4.69, 9.17) is 9.47 Å². The standard InChI is InChI=1S/C17H20N4O4/c22-16-10-25-15-9-13-12(17(23)19-11-18-13)8-14(15)21(16)3-1-2-20-4-6-24-7-5-20/h8-9,11H,1-7,10H2,(H,18,19,23). The van der Waals surface area contributed by atoms with Crippen molar-refractivity contribution in [2.24, 2.45) is 0 Å². The lowest BCUT2D eigenvalue weighted by Gasteiger charge is -2.31. The summed E-state index contributed by atoms with van der Waals surface area (Å²) >= 11 is 0. The first-order valence-corrected chi connectivity index (χ1v) is 8.47. The molecule has 132 valence electrons. The smallest absolute Gasteiger partial charge is 0.265 e. The summed E-state index contributed by atoms with van der Waals surface area (Å²) < 4.78 is 10.9. The predicted molar refractivity (Wildman–Crippen MR) is 92.1 cm³/mol. The summed E-state index contributed by atoms with van der Waals surface area (Å²) in [6, 6.07) is 3.42. The van der Waals surface area contributed by atoms with E-state index >= 15 is 0 Å². The van der Waals surface area contributed by atoms with Crippen molar-refractivity contribution < 1.29 is 14.3 Å². The first kappa shape index (κ1) is 16.0. The molecule has 0 bridgehead atoms. The van der Waals surface area contributed by atoms with Gasteiger partial charge in [-0.25, -0.2) is 4.98 Å². The number of fused-ring (bicyclic) bond motifs is 2. The Balaban J connectivity index is 1.55. The van der Waals surface area contributed by atoms with Crippen LogP contribution >= 0.6 is 0 Å². The molecule has 8 nitrogen and oxygen atoms in total. The molecular formula is C17H20N4O4. The van der Waals surface area contributed by atoms with Crippen molar-refractivity contribution in [3.05, 3.63) is 28.8 Å². The molecule has 0 unspecified atom stereocenters. The van der Waals surface area contributed by atoms with Gasteiger partial charge in [0, 0.05) is 32.2 Å². The third-order valence-electron chi connectivity index (χ3n) is 4.62. The molecule has 0 atom stereocenters. The van der Waals surface area contributed by atoms with Gasteiger partial charge in [-0.05, 0) is 12.5 Å². The number of aromatic nitrogens is 2. The van der Waals surface area contributed by atoms with Crippen LogP contribution in [-0.4, -0.2) is 66.8 Å². The van der Waals surface area contributed by atoms with E-state index in [1.54, 1.807) is 17.0 Å². The van der Waals surface area contributed by atoms with E-state index in [0.29, 0.717) is 28.9 Å². The van der Waals surface area contributed by atoms with Gasteiger partial charge in [-0.3, -0.25) is 14.5 Å². The highest BCUT2D eigenvalue weighted by Gasteiger charge is 2.26. The molecule has 0 saturated carbocycles. The van der Waals surface area contributed by atoms with Crippen LogP contribution in [0, 0.1) is 0 Å². The van der Waals surface area contributed by atoms with Gasteiger partial charge in [0.1, 0.15) is 5.75 Å². The van der Waals surface area contributed by atoms with Gasteiger partial charge >= 0.3 is 0 Å². The number of carbonyl (C=O) groups is 1. The Morgan fingerprint density at radius 2 is 2.00 bits per heavy atom. The number of benzene rings is 1. The largest absolute Gasteiger partial charge is 0.481 e. The fourth-order valence-electron chi connectivity index (χ4n) is 3.29. The van der Waals surface area contributed by atoms with Crippen LogP contribution in [-0.2, 0) is 9.53 Å². The molecule has 4 rings (SSSR count). The Morgan fingerprint density at radius 3 is 2.84 bits per heavy atom. The SMILES string of the molecule is O=C1COc2cc3nc[nH]c(=O)c3cc2N1CCCN1CCOCC1. The average molecular weight is 344 g/mol. The normalized spacial score (nSPS) is 18.2. The van der Waals surface area contributed by atoms with Crippen LogP contribution in [0.5, 0.6) is 5.75 Å². The Labute approximate surface area is 144 Å². The van der Waals surface area contributed by atoms with Gasteiger partial charge in [0.05, 0.1) is 36.1 Å². The fraction of sp³-hybridized carbons (Fsp3) is 0.471. The van der Waals surface area contributed by atoms with Gasteiger partial charge in [0.15, 0.2) is 6.61 Å². The fourth-order valence-corrected chi connectivity index (χ4v) is 3.29. The molecule has 2 aliphatic rings. The predicted octanol–water partition coefficient (Wildman–Crippen LogP) is 0.371. The lowest BCUT2D eigenvalue weighted by Crippen LogP contribution is -2.42. The number of rotatable bonds is 4. The van der Waals surface area contributed by atoms with Crippen LogP contribution in [0.3, 0.4) is 0 Å². The van der Waals surface area contributed by atoms with Crippen LogP contribution in [0.1, 0.15) is 6.42 Å². The number of aromatic amines is 1. The molecule has 8 heteroatoms. The van der Waals surface area contributed by atoms with Crippen LogP contribution in [0.4, 0.5) is 5.69 Å². The van der Waals surface area contributed by atoms with Crippen molar-refractivity contribution >= 4 is 22.5 Å². The topological polar surface area (TPSA) is 87.8 Å². The molecule has 1 fully saturated rings. The molecule has 0 radical (unpaired) electrons. The van der Waals surface area contributed by atoms with Crippen LogP contribution in [0.2, 0.25) is 0 Å². The number of nitrogens with one attached hydrogen (secondary N) is 1. The van der Waals surface area contributed by atoms with Gasteiger partial charge < -0.3 is 19.4 Å². The van der Waals surface area contributed by atoms with Crippen molar-refractivity contribution in [1.82, 2.24) is 14.9 Å². The van der Waals surface area contributed by atoms with Crippen LogP contribution in [0.15, 0.2) is 23.3 Å². The van der Waals surface area contributed by atoms with Crippen molar-refractivity contribution in [3.8, 4) is 5.75 Å². The van der Waals surface area contributed by atoms with Gasteiger partial charge in [0.2, 0.25) is 0 Å². The van der Waals surface area contributed by atoms with E-state index in [0.717, 1.165) is 39.3 Å². The molecule has 1 aromatic heterocycles. The maximum atomic E-state index is 12.3. The molecule has 1 saturated heterocycles. The third kappa shape index (κ3) is 3.22. The first-order chi connectivity index (χ1) is 12.2. The zero-order valence-electron chi connectivity index (χ0n) is 13.9. The molecule has 1 N–H and O–H groups in total. The number of amides is 1. The second kappa shape index (κ2) is 6.81. The number of hydrogen-bond acceptors (Lipinski definition) is 6. The van der Waals surface area contributed by atoms with E-state index in [2.05, 4.69) is 14.9 Å². The molecular weight excluding hydrogens is 324 g/mol. The van der Waals surface area contributed by atoms with Crippen molar-refractivity contribution in [2.45, 2.75) is 6.42 Å². The minimum atomic E-state index is -0.223. The van der Waals surface area contributed by atoms with E-state index in [9.17, 15) is 9.59 Å². The number of ether oxygens (including phenoxy) is 2. The van der Waals surface area contributed by atoms with Crippen LogP contribution < -0.4 is 15.2 Å². The van der Waals surface area contributed by atoms with Gasteiger partial charge in [-0.2, -0.15) is 0 Å². The number of nitrogens with zero attached hydrogens (tertiary/aromatic N) is 3. The molecule has 0 aliphatic carbocycles. The van der Waals surface area contributed by atoms with E-state index < -0.39 is 0 Å². The molecule has 2 aromatic rings. The maximum absolute atomic E-state index is 12.3. The van der Waals surface area contributed by atoms with Crippen LogP contribution in [0.25, 0.3) is 10.9 Å². The summed E-state index contributed by atoms with van der Waals surface area (Å²) in [4.78, 5) is 35.1. The highest BCUT2D eigenvalue weighted by atomic mass is 16.5. The molecule has 1 amide bonds. The Bertz CT molecular complexity index is 844. The summed E-state index contributed by atoms with van der Waals surface area (Å²) in [5.41, 5.74) is 0.980. The summed E-state index contributed by atoms with van der Waals surface area (Å²) in [6.07, 6.45) is 2.22. The number of carbonyl (C=O) groups excluding carboxylic acids is 1. The van der Waals surface area contributed by atoms with Gasteiger partial charge in [0.25, 0.3) is 11.5 Å². The Kier molecular flexibility index (Phi) is 4.37. The average Bonchev–Trinajstić information content (AvgIpc) is 2.64. The minimum Gasteiger partial charge on any atom is -0.481 e. The summed E-state index contributed by atoms with van der Waals surface area (Å²) in [5, 5.41) is 0.456. The summed E-state index contributed by atoms with van der Waals surface area (Å²) in [5.74, 6) is 0.505. The third-order valence-corrected chi connectivity index (χ3v) is 4.62. The van der Waals surface area contributed by atoms with Crippen molar-refractivity contribution in [2.75, 3.05) is 50.9 Å². The first-order valence-electron chi connectivity index (χ1n) is 8.47. The zero-order chi connectivity index (χ0) is 17.2. The lowest BCUT2D eigenvalue weighted by molar-refractivity contribution is -0.121. The highest BCUT2D eigenvalue weighted by Crippen LogP contribution is 2.34. The molecule has 3 heterocycles. The van der Waals surface area contributed by atoms with E-state index in [1.807, 2.05) is 0 Å². The number of H-pyrrole nitrogens is 1. The quantitative estimate of drug-likeness (QED) is 0.862. The summed E-state index contributed by atoms with van der Waals surface area (Å²) in [6.45, 7) is 4.91. The van der Waals surface area contributed by atoms with Gasteiger partial charge in [-0.1, -0.05) is 0 Å². The Morgan fingerprint density at radius 1 is 1.16 bits per heavy atom. The van der Waals surface area contributed by atoms with E-state index in [-0.39, 0.29) is 18.1 Å². The Hall–Kier alpha value is -2.45.